The number of nitrogens with zero attached hydrogens (tertiary/aromatic N) is 1. The Hall–Kier alpha value is -1.30. The third-order valence-electron chi connectivity index (χ3n) is 3.02. The van der Waals surface area contributed by atoms with Gasteiger partial charge >= 0.3 is 0 Å². The van der Waals surface area contributed by atoms with Gasteiger partial charge < -0.3 is 10.2 Å². The molecule has 0 bridgehead atoms. The molecule has 1 heterocycles. The van der Waals surface area contributed by atoms with Gasteiger partial charge in [0.25, 0.3) is 0 Å². The van der Waals surface area contributed by atoms with E-state index in [9.17, 15) is 0 Å². The maximum atomic E-state index is 3.37. The van der Waals surface area contributed by atoms with Gasteiger partial charge in [-0.2, -0.15) is 0 Å². The summed E-state index contributed by atoms with van der Waals surface area (Å²) in [5.74, 6) is 6.29. The molecule has 1 fully saturated rings. The van der Waals surface area contributed by atoms with E-state index in [1.165, 1.54) is 25.9 Å². The van der Waals surface area contributed by atoms with Crippen LogP contribution in [-0.2, 0) is 0 Å². The maximum Gasteiger partial charge on any atom is 0.0580 e. The fourth-order valence-electron chi connectivity index (χ4n) is 2.06. The Kier molecular flexibility index (Phi) is 5.09. The minimum atomic E-state index is 0.780. The van der Waals surface area contributed by atoms with Gasteiger partial charge in [0.15, 0.2) is 0 Å². The molecule has 0 amide bonds. The summed E-state index contributed by atoms with van der Waals surface area (Å²) in [6, 6.07) is 10.1. The van der Waals surface area contributed by atoms with Crippen LogP contribution < -0.4 is 5.32 Å². The first-order valence-electron chi connectivity index (χ1n) is 6.42. The molecule has 0 spiro atoms. The normalized spacial score (nSPS) is 15.5. The molecule has 90 valence electrons. The van der Waals surface area contributed by atoms with Gasteiger partial charge in [0.1, 0.15) is 0 Å². The summed E-state index contributed by atoms with van der Waals surface area (Å²) in [7, 11) is 0. The summed E-state index contributed by atoms with van der Waals surface area (Å²) in [6.45, 7) is 5.54. The van der Waals surface area contributed by atoms with E-state index in [2.05, 4.69) is 22.1 Å². The van der Waals surface area contributed by atoms with Crippen molar-refractivity contribution in [2.45, 2.75) is 12.8 Å². The van der Waals surface area contributed by atoms with Gasteiger partial charge in [-0.05, 0) is 38.1 Å². The zero-order valence-corrected chi connectivity index (χ0v) is 10.3. The summed E-state index contributed by atoms with van der Waals surface area (Å²) in [4.78, 5) is 2.51. The summed E-state index contributed by atoms with van der Waals surface area (Å²) < 4.78 is 0. The van der Waals surface area contributed by atoms with Crippen LogP contribution in [0.2, 0.25) is 0 Å². The van der Waals surface area contributed by atoms with Crippen LogP contribution in [0.15, 0.2) is 30.3 Å². The van der Waals surface area contributed by atoms with Crippen molar-refractivity contribution in [1.29, 1.82) is 0 Å². The summed E-state index contributed by atoms with van der Waals surface area (Å²) >= 11 is 0. The van der Waals surface area contributed by atoms with Gasteiger partial charge in [0, 0.05) is 18.7 Å². The highest BCUT2D eigenvalue weighted by atomic mass is 15.1. The molecule has 1 aliphatic heterocycles. The minimum absolute atomic E-state index is 0.780. The molecular weight excluding hydrogens is 208 g/mol. The number of likely N-dealkylation sites (tertiary alicyclic amines) is 1. The number of hydrogen-bond donors (Lipinski definition) is 1. The predicted octanol–water partition coefficient (Wildman–Crippen LogP) is 1.72. The molecule has 2 rings (SSSR count). The molecule has 1 aromatic carbocycles. The van der Waals surface area contributed by atoms with Crippen LogP contribution in [-0.4, -0.2) is 37.6 Å². The van der Waals surface area contributed by atoms with Crippen molar-refractivity contribution in [3.05, 3.63) is 35.9 Å². The Morgan fingerprint density at radius 2 is 1.88 bits per heavy atom. The lowest BCUT2D eigenvalue weighted by molar-refractivity contribution is 0.338. The number of rotatable bonds is 4. The van der Waals surface area contributed by atoms with E-state index in [1.807, 2.05) is 30.3 Å². The molecule has 2 heteroatoms. The summed E-state index contributed by atoms with van der Waals surface area (Å²) in [5.41, 5.74) is 1.09. The van der Waals surface area contributed by atoms with Crippen LogP contribution in [0.5, 0.6) is 0 Å². The van der Waals surface area contributed by atoms with Crippen LogP contribution in [0.1, 0.15) is 18.4 Å². The Bertz CT molecular complexity index is 369. The fourth-order valence-corrected chi connectivity index (χ4v) is 2.06. The molecule has 1 aliphatic rings. The van der Waals surface area contributed by atoms with E-state index in [0.717, 1.165) is 25.2 Å². The highest BCUT2D eigenvalue weighted by Crippen LogP contribution is 2.05. The van der Waals surface area contributed by atoms with Crippen LogP contribution in [0.4, 0.5) is 0 Å². The molecule has 0 radical (unpaired) electrons. The van der Waals surface area contributed by atoms with Crippen LogP contribution >= 0.6 is 0 Å². The largest absolute Gasteiger partial charge is 0.305 e. The lowest BCUT2D eigenvalue weighted by atomic mass is 10.2. The quantitative estimate of drug-likeness (QED) is 0.623. The van der Waals surface area contributed by atoms with Crippen LogP contribution in [0.25, 0.3) is 0 Å². The van der Waals surface area contributed by atoms with Gasteiger partial charge in [-0.3, -0.25) is 0 Å². The van der Waals surface area contributed by atoms with Crippen molar-refractivity contribution in [2.24, 2.45) is 0 Å². The van der Waals surface area contributed by atoms with Crippen molar-refractivity contribution in [1.82, 2.24) is 10.2 Å². The van der Waals surface area contributed by atoms with Crippen molar-refractivity contribution in [3.8, 4) is 11.8 Å². The predicted molar refractivity (Wildman–Crippen MR) is 71.9 cm³/mol. The Balaban J connectivity index is 1.58. The van der Waals surface area contributed by atoms with E-state index >= 15 is 0 Å². The molecule has 0 unspecified atom stereocenters. The van der Waals surface area contributed by atoms with Crippen LogP contribution in [0, 0.1) is 11.8 Å². The molecule has 1 saturated heterocycles. The zero-order chi connectivity index (χ0) is 11.8. The average molecular weight is 228 g/mol. The number of hydrogen-bond acceptors (Lipinski definition) is 2. The first-order chi connectivity index (χ1) is 8.45. The second-order valence-corrected chi connectivity index (χ2v) is 4.39. The van der Waals surface area contributed by atoms with Gasteiger partial charge in [0.2, 0.25) is 0 Å². The topological polar surface area (TPSA) is 15.3 Å². The summed E-state index contributed by atoms with van der Waals surface area (Å²) in [5, 5.41) is 3.37. The van der Waals surface area contributed by atoms with E-state index in [4.69, 9.17) is 0 Å². The van der Waals surface area contributed by atoms with Gasteiger partial charge in [0.05, 0.1) is 6.54 Å². The molecule has 0 atom stereocenters. The zero-order valence-electron chi connectivity index (χ0n) is 10.3. The lowest BCUT2D eigenvalue weighted by Crippen LogP contribution is -2.30. The Labute approximate surface area is 104 Å². The molecule has 0 saturated carbocycles. The van der Waals surface area contributed by atoms with Gasteiger partial charge in [-0.1, -0.05) is 30.0 Å². The molecule has 2 nitrogen and oxygen atoms in total. The highest BCUT2D eigenvalue weighted by Gasteiger charge is 2.09. The smallest absolute Gasteiger partial charge is 0.0580 e. The standard InChI is InChI=1S/C15H20N2/c1-2-7-15(8-3-1)9-6-10-16-11-14-17-12-4-5-13-17/h1-3,7-8,16H,4-5,10-14H2. The summed E-state index contributed by atoms with van der Waals surface area (Å²) in [6.07, 6.45) is 2.74. The molecule has 17 heavy (non-hydrogen) atoms. The first kappa shape index (κ1) is 12.2. The SMILES string of the molecule is C(#Cc1ccccc1)CNCCN1CCCC1. The number of nitrogens with one attached hydrogen (secondary N) is 1. The number of benzene rings is 1. The highest BCUT2D eigenvalue weighted by molar-refractivity contribution is 5.33. The third kappa shape index (κ3) is 4.60. The van der Waals surface area contributed by atoms with E-state index in [1.54, 1.807) is 0 Å². The van der Waals surface area contributed by atoms with Gasteiger partial charge in [-0.25, -0.2) is 0 Å². The van der Waals surface area contributed by atoms with E-state index in [-0.39, 0.29) is 0 Å². The second kappa shape index (κ2) is 7.11. The molecule has 0 aromatic heterocycles. The van der Waals surface area contributed by atoms with Crippen molar-refractivity contribution < 1.29 is 0 Å². The molecule has 1 aromatic rings. The van der Waals surface area contributed by atoms with E-state index in [0.29, 0.717) is 0 Å². The second-order valence-electron chi connectivity index (χ2n) is 4.39. The monoisotopic (exact) mass is 228 g/mol. The third-order valence-corrected chi connectivity index (χ3v) is 3.02. The first-order valence-corrected chi connectivity index (χ1v) is 6.42. The van der Waals surface area contributed by atoms with Crippen molar-refractivity contribution >= 4 is 0 Å². The lowest BCUT2D eigenvalue weighted by Gasteiger charge is -2.13. The van der Waals surface area contributed by atoms with E-state index < -0.39 is 0 Å². The Morgan fingerprint density at radius 3 is 2.65 bits per heavy atom. The fraction of sp³-hybridized carbons (Fsp3) is 0.467. The van der Waals surface area contributed by atoms with Crippen molar-refractivity contribution in [3.63, 3.8) is 0 Å². The maximum absolute atomic E-state index is 3.37. The minimum Gasteiger partial charge on any atom is -0.305 e. The molecular formula is C15H20N2. The average Bonchev–Trinajstić information content (AvgIpc) is 2.88. The van der Waals surface area contributed by atoms with Crippen molar-refractivity contribution in [2.75, 3.05) is 32.7 Å². The van der Waals surface area contributed by atoms with Gasteiger partial charge in [-0.15, -0.1) is 0 Å². The molecule has 1 N–H and O–H groups in total. The van der Waals surface area contributed by atoms with Crippen LogP contribution in [0.3, 0.4) is 0 Å². The molecule has 0 aliphatic carbocycles. The Morgan fingerprint density at radius 1 is 1.12 bits per heavy atom.